The number of rotatable bonds is 3. The maximum absolute atomic E-state index is 12.8. The molecule has 3 saturated heterocycles. The van der Waals surface area contributed by atoms with E-state index >= 15 is 0 Å². The number of hydrogen-bond donors (Lipinski definition) is 0. The fourth-order valence-electron chi connectivity index (χ4n) is 4.45. The second kappa shape index (κ2) is 6.77. The van der Waals surface area contributed by atoms with Crippen LogP contribution in [0.3, 0.4) is 0 Å². The summed E-state index contributed by atoms with van der Waals surface area (Å²) in [6, 6.07) is 0. The zero-order valence-electron chi connectivity index (χ0n) is 14.3. The van der Waals surface area contributed by atoms with E-state index in [1.165, 1.54) is 0 Å². The van der Waals surface area contributed by atoms with Gasteiger partial charge in [0.1, 0.15) is 0 Å². The van der Waals surface area contributed by atoms with Crippen molar-refractivity contribution in [2.75, 3.05) is 53.1 Å². The van der Waals surface area contributed by atoms with Gasteiger partial charge in [0.25, 0.3) is 0 Å². The molecule has 0 aromatic rings. The van der Waals surface area contributed by atoms with Crippen molar-refractivity contribution in [3.8, 4) is 0 Å². The monoisotopic (exact) mass is 324 g/mol. The van der Waals surface area contributed by atoms with Crippen LogP contribution in [0.25, 0.3) is 0 Å². The number of carbonyl (C=O) groups excluding carboxylic acids is 2. The Labute approximate surface area is 138 Å². The van der Waals surface area contributed by atoms with Crippen LogP contribution in [0.15, 0.2) is 0 Å². The van der Waals surface area contributed by atoms with Crippen LogP contribution in [0.5, 0.6) is 0 Å². The third-order valence-corrected chi connectivity index (χ3v) is 5.89. The molecule has 0 spiro atoms. The first-order valence-corrected chi connectivity index (χ1v) is 8.67. The SMILES string of the molecule is COC[C@@]12CCN(C(=O)C3CCOCC3)C[C@@H]1CN(C(C)=O)C2. The molecule has 0 N–H and O–H groups in total. The molecule has 0 saturated carbocycles. The van der Waals surface area contributed by atoms with Crippen molar-refractivity contribution in [1.29, 1.82) is 0 Å². The summed E-state index contributed by atoms with van der Waals surface area (Å²) in [5, 5.41) is 0. The van der Waals surface area contributed by atoms with Gasteiger partial charge in [0.15, 0.2) is 0 Å². The van der Waals surface area contributed by atoms with E-state index in [4.69, 9.17) is 9.47 Å². The third-order valence-electron chi connectivity index (χ3n) is 5.89. The molecule has 0 aliphatic carbocycles. The van der Waals surface area contributed by atoms with E-state index in [0.717, 1.165) is 45.4 Å². The van der Waals surface area contributed by atoms with Crippen LogP contribution in [0, 0.1) is 17.3 Å². The van der Waals surface area contributed by atoms with Crippen LogP contribution in [0.2, 0.25) is 0 Å². The molecule has 3 rings (SSSR count). The number of nitrogens with zero attached hydrogens (tertiary/aromatic N) is 2. The number of ether oxygens (including phenoxy) is 2. The standard InChI is InChI=1S/C17H28N2O4/c1-13(20)19-10-15-9-18(6-5-17(15,11-19)12-22-2)16(21)14-3-7-23-8-4-14/h14-15H,3-12H2,1-2H3/t15-,17+/m1/s1. The Morgan fingerprint density at radius 3 is 2.57 bits per heavy atom. The van der Waals surface area contributed by atoms with E-state index in [9.17, 15) is 9.59 Å². The molecular weight excluding hydrogens is 296 g/mol. The van der Waals surface area contributed by atoms with Gasteiger partial charge in [-0.05, 0) is 19.3 Å². The Morgan fingerprint density at radius 2 is 1.91 bits per heavy atom. The molecule has 3 heterocycles. The Kier molecular flexibility index (Phi) is 4.92. The predicted molar refractivity (Wildman–Crippen MR) is 84.8 cm³/mol. The smallest absolute Gasteiger partial charge is 0.225 e. The summed E-state index contributed by atoms with van der Waals surface area (Å²) in [4.78, 5) is 28.5. The highest BCUT2D eigenvalue weighted by Crippen LogP contribution is 2.43. The minimum absolute atomic E-state index is 0.0207. The van der Waals surface area contributed by atoms with Gasteiger partial charge in [0.2, 0.25) is 11.8 Å². The summed E-state index contributed by atoms with van der Waals surface area (Å²) in [6.45, 7) is 6.73. The van der Waals surface area contributed by atoms with Gasteiger partial charge in [0.05, 0.1) is 6.61 Å². The first kappa shape index (κ1) is 16.7. The molecule has 3 fully saturated rings. The van der Waals surface area contributed by atoms with E-state index < -0.39 is 0 Å². The lowest BCUT2D eigenvalue weighted by atomic mass is 9.73. The van der Waals surface area contributed by atoms with Crippen molar-refractivity contribution in [3.63, 3.8) is 0 Å². The van der Waals surface area contributed by atoms with Crippen LogP contribution in [0.4, 0.5) is 0 Å². The number of likely N-dealkylation sites (tertiary alicyclic amines) is 2. The molecule has 0 unspecified atom stereocenters. The number of piperidine rings is 1. The highest BCUT2D eigenvalue weighted by molar-refractivity contribution is 5.79. The lowest BCUT2D eigenvalue weighted by Crippen LogP contribution is -2.52. The Bertz CT molecular complexity index is 464. The van der Waals surface area contributed by atoms with Gasteiger partial charge in [-0.2, -0.15) is 0 Å². The Morgan fingerprint density at radius 1 is 1.22 bits per heavy atom. The molecule has 2 atom stereocenters. The van der Waals surface area contributed by atoms with E-state index in [-0.39, 0.29) is 23.1 Å². The third kappa shape index (κ3) is 3.24. The van der Waals surface area contributed by atoms with Crippen LogP contribution >= 0.6 is 0 Å². The van der Waals surface area contributed by atoms with Crippen LogP contribution < -0.4 is 0 Å². The highest BCUT2D eigenvalue weighted by atomic mass is 16.5. The molecule has 0 bridgehead atoms. The number of hydrogen-bond acceptors (Lipinski definition) is 4. The predicted octanol–water partition coefficient (Wildman–Crippen LogP) is 0.756. The first-order chi connectivity index (χ1) is 11.1. The summed E-state index contributed by atoms with van der Waals surface area (Å²) in [5.74, 6) is 0.839. The van der Waals surface area contributed by atoms with E-state index in [1.807, 2.05) is 9.80 Å². The van der Waals surface area contributed by atoms with Crippen molar-refractivity contribution in [2.24, 2.45) is 17.3 Å². The molecule has 2 amide bonds. The molecule has 0 radical (unpaired) electrons. The minimum Gasteiger partial charge on any atom is -0.384 e. The van der Waals surface area contributed by atoms with E-state index in [0.29, 0.717) is 25.7 Å². The van der Waals surface area contributed by atoms with Crippen molar-refractivity contribution in [3.05, 3.63) is 0 Å². The highest BCUT2D eigenvalue weighted by Gasteiger charge is 2.51. The van der Waals surface area contributed by atoms with E-state index in [1.54, 1.807) is 14.0 Å². The molecule has 6 heteroatoms. The largest absolute Gasteiger partial charge is 0.384 e. The van der Waals surface area contributed by atoms with Crippen LogP contribution in [-0.4, -0.2) is 74.7 Å². The topological polar surface area (TPSA) is 59.1 Å². The minimum atomic E-state index is 0.0207. The molecule has 0 aromatic heterocycles. The second-order valence-electron chi connectivity index (χ2n) is 7.31. The lowest BCUT2D eigenvalue weighted by molar-refractivity contribution is -0.143. The van der Waals surface area contributed by atoms with Crippen molar-refractivity contribution >= 4 is 11.8 Å². The summed E-state index contributed by atoms with van der Waals surface area (Å²) < 4.78 is 10.8. The number of amides is 2. The summed E-state index contributed by atoms with van der Waals surface area (Å²) >= 11 is 0. The van der Waals surface area contributed by atoms with Gasteiger partial charge < -0.3 is 19.3 Å². The van der Waals surface area contributed by atoms with Gasteiger partial charge in [-0.3, -0.25) is 9.59 Å². The zero-order chi connectivity index (χ0) is 16.4. The van der Waals surface area contributed by atoms with Crippen LogP contribution in [-0.2, 0) is 19.1 Å². The van der Waals surface area contributed by atoms with Gasteiger partial charge in [-0.15, -0.1) is 0 Å². The van der Waals surface area contributed by atoms with E-state index in [2.05, 4.69) is 0 Å². The lowest BCUT2D eigenvalue weighted by Gasteiger charge is -2.44. The molecule has 0 aromatic carbocycles. The molecule has 6 nitrogen and oxygen atoms in total. The maximum atomic E-state index is 12.8. The average molecular weight is 324 g/mol. The van der Waals surface area contributed by atoms with Crippen molar-refractivity contribution in [2.45, 2.75) is 26.2 Å². The summed E-state index contributed by atoms with van der Waals surface area (Å²) in [6.07, 6.45) is 2.59. The Balaban J connectivity index is 1.68. The van der Waals surface area contributed by atoms with Crippen LogP contribution in [0.1, 0.15) is 26.2 Å². The van der Waals surface area contributed by atoms with Gasteiger partial charge in [-0.25, -0.2) is 0 Å². The average Bonchev–Trinajstić information content (AvgIpc) is 2.94. The maximum Gasteiger partial charge on any atom is 0.225 e. The quantitative estimate of drug-likeness (QED) is 0.769. The second-order valence-corrected chi connectivity index (χ2v) is 7.31. The normalized spacial score (nSPS) is 32.0. The fourth-order valence-corrected chi connectivity index (χ4v) is 4.45. The number of carbonyl (C=O) groups is 2. The van der Waals surface area contributed by atoms with Gasteiger partial charge in [-0.1, -0.05) is 0 Å². The number of methoxy groups -OCH3 is 1. The summed E-state index contributed by atoms with van der Waals surface area (Å²) in [5.41, 5.74) is 0.0207. The summed E-state index contributed by atoms with van der Waals surface area (Å²) in [7, 11) is 1.72. The number of fused-ring (bicyclic) bond motifs is 1. The van der Waals surface area contributed by atoms with Gasteiger partial charge >= 0.3 is 0 Å². The molecule has 3 aliphatic heterocycles. The van der Waals surface area contributed by atoms with Gasteiger partial charge in [0, 0.05) is 70.7 Å². The van der Waals surface area contributed by atoms with Crippen molar-refractivity contribution < 1.29 is 19.1 Å². The fraction of sp³-hybridized carbons (Fsp3) is 0.882. The first-order valence-electron chi connectivity index (χ1n) is 8.67. The zero-order valence-corrected chi connectivity index (χ0v) is 14.3. The van der Waals surface area contributed by atoms with Crippen molar-refractivity contribution in [1.82, 2.24) is 9.80 Å². The molecular formula is C17H28N2O4. The Hall–Kier alpha value is -1.14. The molecule has 130 valence electrons. The molecule has 23 heavy (non-hydrogen) atoms. The molecule has 3 aliphatic rings.